The van der Waals surface area contributed by atoms with Crippen molar-refractivity contribution in [1.82, 2.24) is 9.97 Å². The van der Waals surface area contributed by atoms with Crippen LogP contribution in [0.4, 0.5) is 5.69 Å². The van der Waals surface area contributed by atoms with Crippen LogP contribution >= 0.6 is 0 Å². The Morgan fingerprint density at radius 3 is 2.86 bits per heavy atom. The summed E-state index contributed by atoms with van der Waals surface area (Å²) in [5, 5.41) is 3.79. The van der Waals surface area contributed by atoms with E-state index in [0.29, 0.717) is 16.8 Å². The first-order valence-corrected chi connectivity index (χ1v) is 7.04. The fourth-order valence-electron chi connectivity index (χ4n) is 2.40. The maximum absolute atomic E-state index is 12.1. The molecule has 5 heteroatoms. The van der Waals surface area contributed by atoms with E-state index in [4.69, 9.17) is 0 Å². The van der Waals surface area contributed by atoms with Gasteiger partial charge in [0.15, 0.2) is 0 Å². The molecule has 0 bridgehead atoms. The van der Waals surface area contributed by atoms with Gasteiger partial charge in [-0.15, -0.1) is 0 Å². The third-order valence-electron chi connectivity index (χ3n) is 3.49. The zero-order valence-corrected chi connectivity index (χ0v) is 12.1. The highest BCUT2D eigenvalue weighted by molar-refractivity contribution is 6.04. The molecule has 1 amide bonds. The number of anilines is 1. The molecule has 0 aliphatic rings. The van der Waals surface area contributed by atoms with Gasteiger partial charge in [-0.05, 0) is 36.2 Å². The lowest BCUT2D eigenvalue weighted by molar-refractivity contribution is 0.102. The maximum atomic E-state index is 12.1. The second-order valence-corrected chi connectivity index (χ2v) is 4.97. The molecule has 0 saturated carbocycles. The van der Waals surface area contributed by atoms with E-state index in [1.54, 1.807) is 30.5 Å². The Balaban J connectivity index is 1.96. The van der Waals surface area contributed by atoms with Crippen LogP contribution in [0.1, 0.15) is 22.8 Å². The average Bonchev–Trinajstić information content (AvgIpc) is 2.54. The molecule has 0 unspecified atom stereocenters. The number of aryl methyl sites for hydroxylation is 1. The van der Waals surface area contributed by atoms with Gasteiger partial charge < -0.3 is 10.3 Å². The van der Waals surface area contributed by atoms with Gasteiger partial charge in [0, 0.05) is 29.5 Å². The van der Waals surface area contributed by atoms with Crippen molar-refractivity contribution < 1.29 is 4.79 Å². The van der Waals surface area contributed by atoms with E-state index in [0.717, 1.165) is 17.4 Å². The molecule has 0 aliphatic carbocycles. The number of carbonyl (C=O) groups is 1. The van der Waals surface area contributed by atoms with Gasteiger partial charge in [0.05, 0.1) is 11.1 Å². The van der Waals surface area contributed by atoms with Gasteiger partial charge in [0.1, 0.15) is 0 Å². The number of nitrogens with zero attached hydrogens (tertiary/aromatic N) is 1. The lowest BCUT2D eigenvalue weighted by Crippen LogP contribution is -2.12. The van der Waals surface area contributed by atoms with Crippen LogP contribution in [0, 0.1) is 0 Å². The van der Waals surface area contributed by atoms with Gasteiger partial charge in [0.2, 0.25) is 5.56 Å². The Morgan fingerprint density at radius 2 is 2.14 bits per heavy atom. The zero-order valence-electron chi connectivity index (χ0n) is 12.1. The molecule has 0 aliphatic heterocycles. The summed E-state index contributed by atoms with van der Waals surface area (Å²) >= 11 is 0. The quantitative estimate of drug-likeness (QED) is 0.779. The van der Waals surface area contributed by atoms with Crippen LogP contribution in [0.5, 0.6) is 0 Å². The van der Waals surface area contributed by atoms with E-state index >= 15 is 0 Å². The number of benzene rings is 1. The summed E-state index contributed by atoms with van der Waals surface area (Å²) in [7, 11) is 0. The Hall–Kier alpha value is -2.95. The molecule has 110 valence electrons. The van der Waals surface area contributed by atoms with E-state index in [-0.39, 0.29) is 11.5 Å². The van der Waals surface area contributed by atoms with Crippen LogP contribution in [0.2, 0.25) is 0 Å². The van der Waals surface area contributed by atoms with Crippen molar-refractivity contribution >= 4 is 22.5 Å². The van der Waals surface area contributed by atoms with Crippen LogP contribution in [0.25, 0.3) is 10.9 Å². The van der Waals surface area contributed by atoms with Crippen molar-refractivity contribution in [1.29, 1.82) is 0 Å². The summed E-state index contributed by atoms with van der Waals surface area (Å²) in [5.41, 5.74) is 2.68. The van der Waals surface area contributed by atoms with E-state index in [2.05, 4.69) is 15.3 Å². The summed E-state index contributed by atoms with van der Waals surface area (Å²) in [6.07, 6.45) is 3.90. The maximum Gasteiger partial charge on any atom is 0.257 e. The smallest absolute Gasteiger partial charge is 0.257 e. The van der Waals surface area contributed by atoms with Crippen molar-refractivity contribution in [3.05, 3.63) is 70.3 Å². The molecule has 5 nitrogen and oxygen atoms in total. The first-order chi connectivity index (χ1) is 10.7. The first kappa shape index (κ1) is 14.0. The largest absolute Gasteiger partial charge is 0.322 e. The second kappa shape index (κ2) is 5.81. The molecule has 22 heavy (non-hydrogen) atoms. The van der Waals surface area contributed by atoms with Crippen LogP contribution in [0.3, 0.4) is 0 Å². The molecule has 1 aromatic carbocycles. The monoisotopic (exact) mass is 293 g/mol. The topological polar surface area (TPSA) is 74.8 Å². The minimum absolute atomic E-state index is 0.139. The number of hydrogen-bond donors (Lipinski definition) is 2. The van der Waals surface area contributed by atoms with Crippen molar-refractivity contribution in [3.63, 3.8) is 0 Å². The molecule has 0 radical (unpaired) electrons. The average molecular weight is 293 g/mol. The summed E-state index contributed by atoms with van der Waals surface area (Å²) in [5.74, 6) is -0.235. The lowest BCUT2D eigenvalue weighted by Gasteiger charge is -2.08. The third-order valence-corrected chi connectivity index (χ3v) is 3.49. The van der Waals surface area contributed by atoms with Crippen LogP contribution in [-0.2, 0) is 6.42 Å². The molecular formula is C17H15N3O2. The molecule has 0 fully saturated rings. The van der Waals surface area contributed by atoms with Crippen LogP contribution in [-0.4, -0.2) is 15.9 Å². The number of amides is 1. The highest BCUT2D eigenvalue weighted by Crippen LogP contribution is 2.20. The molecule has 2 heterocycles. The van der Waals surface area contributed by atoms with Crippen molar-refractivity contribution in [2.45, 2.75) is 13.3 Å². The van der Waals surface area contributed by atoms with Crippen molar-refractivity contribution in [3.8, 4) is 0 Å². The van der Waals surface area contributed by atoms with Gasteiger partial charge in [-0.25, -0.2) is 0 Å². The van der Waals surface area contributed by atoms with Crippen LogP contribution < -0.4 is 10.9 Å². The number of aromatic nitrogens is 2. The molecule has 0 atom stereocenters. The normalized spacial score (nSPS) is 10.6. The molecule has 3 aromatic rings. The highest BCUT2D eigenvalue weighted by atomic mass is 16.1. The Bertz CT molecular complexity index is 885. The Labute approximate surface area is 127 Å². The molecule has 0 spiro atoms. The van der Waals surface area contributed by atoms with Gasteiger partial charge in [-0.1, -0.05) is 13.0 Å². The number of H-pyrrole nitrogens is 1. The lowest BCUT2D eigenvalue weighted by atomic mass is 10.1. The number of aromatic amines is 1. The standard InChI is InChI=1S/C17H15N3O2/c1-2-11-8-16(21)20-15-9-13(5-6-14(11)15)19-17(22)12-4-3-7-18-10-12/h3-10H,2H2,1H3,(H,19,22)(H,20,21). The minimum Gasteiger partial charge on any atom is -0.322 e. The molecular weight excluding hydrogens is 278 g/mol. The second-order valence-electron chi connectivity index (χ2n) is 4.97. The third kappa shape index (κ3) is 2.74. The summed E-state index contributed by atoms with van der Waals surface area (Å²) in [6, 6.07) is 10.5. The molecule has 2 aromatic heterocycles. The van der Waals surface area contributed by atoms with E-state index in [1.165, 1.54) is 6.20 Å². The summed E-state index contributed by atoms with van der Waals surface area (Å²) in [4.78, 5) is 30.5. The van der Waals surface area contributed by atoms with Gasteiger partial charge in [0.25, 0.3) is 5.91 Å². The zero-order chi connectivity index (χ0) is 15.5. The predicted molar refractivity (Wildman–Crippen MR) is 86.1 cm³/mol. The Kier molecular flexibility index (Phi) is 3.70. The number of nitrogens with one attached hydrogen (secondary N) is 2. The number of pyridine rings is 2. The summed E-state index contributed by atoms with van der Waals surface area (Å²) in [6.45, 7) is 2.01. The SMILES string of the molecule is CCc1cc(=O)[nH]c2cc(NC(=O)c3cccnc3)ccc12. The Morgan fingerprint density at radius 1 is 1.27 bits per heavy atom. The fraction of sp³-hybridized carbons (Fsp3) is 0.118. The van der Waals surface area contributed by atoms with E-state index in [9.17, 15) is 9.59 Å². The number of hydrogen-bond acceptors (Lipinski definition) is 3. The van der Waals surface area contributed by atoms with E-state index < -0.39 is 0 Å². The number of carbonyl (C=O) groups excluding carboxylic acids is 1. The van der Waals surface area contributed by atoms with Gasteiger partial charge >= 0.3 is 0 Å². The molecule has 2 N–H and O–H groups in total. The minimum atomic E-state index is -0.235. The number of fused-ring (bicyclic) bond motifs is 1. The molecule has 3 rings (SSSR count). The van der Waals surface area contributed by atoms with Crippen molar-refractivity contribution in [2.24, 2.45) is 0 Å². The van der Waals surface area contributed by atoms with Crippen LogP contribution in [0.15, 0.2) is 53.6 Å². The van der Waals surface area contributed by atoms with E-state index in [1.807, 2.05) is 19.1 Å². The first-order valence-electron chi connectivity index (χ1n) is 7.04. The van der Waals surface area contributed by atoms with Crippen molar-refractivity contribution in [2.75, 3.05) is 5.32 Å². The van der Waals surface area contributed by atoms with Gasteiger partial charge in [-0.2, -0.15) is 0 Å². The molecule has 0 saturated heterocycles. The predicted octanol–water partition coefficient (Wildman–Crippen LogP) is 2.74. The number of rotatable bonds is 3. The van der Waals surface area contributed by atoms with Gasteiger partial charge in [-0.3, -0.25) is 14.6 Å². The summed E-state index contributed by atoms with van der Waals surface area (Å²) < 4.78 is 0. The highest BCUT2D eigenvalue weighted by Gasteiger charge is 2.07. The fourth-order valence-corrected chi connectivity index (χ4v) is 2.40.